The first kappa shape index (κ1) is 11.6. The molecule has 5 nitrogen and oxygen atoms in total. The Morgan fingerprint density at radius 3 is 3.28 bits per heavy atom. The van der Waals surface area contributed by atoms with Crippen molar-refractivity contribution in [3.8, 4) is 0 Å². The highest BCUT2D eigenvalue weighted by atomic mass is 16.5. The van der Waals surface area contributed by atoms with E-state index in [2.05, 4.69) is 14.9 Å². The normalized spacial score (nSPS) is 19.7. The lowest BCUT2D eigenvalue weighted by molar-refractivity contribution is 0.187. The average molecular weight is 246 g/mol. The van der Waals surface area contributed by atoms with Gasteiger partial charge in [0.25, 0.3) is 0 Å². The van der Waals surface area contributed by atoms with Crippen LogP contribution in [0.1, 0.15) is 18.2 Å². The van der Waals surface area contributed by atoms with Crippen molar-refractivity contribution in [2.24, 2.45) is 0 Å². The molecule has 0 unspecified atom stereocenters. The topological polar surface area (TPSA) is 52.0 Å². The van der Waals surface area contributed by atoms with Gasteiger partial charge in [0.15, 0.2) is 0 Å². The fourth-order valence-electron chi connectivity index (χ4n) is 2.59. The Hall–Kier alpha value is -1.46. The maximum atomic E-state index is 5.20. The average Bonchev–Trinajstić information content (AvgIpc) is 3.03. The van der Waals surface area contributed by atoms with Crippen molar-refractivity contribution >= 4 is 11.0 Å². The molecule has 1 aliphatic rings. The summed E-state index contributed by atoms with van der Waals surface area (Å²) in [5.41, 5.74) is 2.14. The Morgan fingerprint density at radius 1 is 1.56 bits per heavy atom. The van der Waals surface area contributed by atoms with Crippen molar-refractivity contribution in [3.63, 3.8) is 0 Å². The fourth-order valence-corrected chi connectivity index (χ4v) is 2.59. The van der Waals surface area contributed by atoms with Crippen molar-refractivity contribution < 1.29 is 4.74 Å². The van der Waals surface area contributed by atoms with Gasteiger partial charge in [0.1, 0.15) is 5.82 Å². The van der Waals surface area contributed by atoms with Crippen molar-refractivity contribution in [2.75, 3.05) is 26.8 Å². The van der Waals surface area contributed by atoms with E-state index >= 15 is 0 Å². The van der Waals surface area contributed by atoms with E-state index in [9.17, 15) is 0 Å². The van der Waals surface area contributed by atoms with E-state index in [1.165, 1.54) is 5.82 Å². The molecule has 3 heterocycles. The minimum Gasteiger partial charge on any atom is -0.383 e. The molecule has 2 aromatic heterocycles. The Bertz CT molecular complexity index is 531. The minimum atomic E-state index is 0.509. The standard InChI is InChI=1S/C13H18N4O/c1-18-7-6-17-12-9-15-5-3-11(12)16-13(17)10-2-4-14-8-10/h3,5,9-10,14H,2,4,6-8H2,1H3/t10-/m0/s1. The number of hydrogen-bond donors (Lipinski definition) is 1. The number of ether oxygens (including phenoxy) is 1. The first-order valence-electron chi connectivity index (χ1n) is 6.40. The van der Waals surface area contributed by atoms with Crippen molar-refractivity contribution in [1.82, 2.24) is 19.9 Å². The van der Waals surface area contributed by atoms with Crippen LogP contribution >= 0.6 is 0 Å². The SMILES string of the molecule is COCCn1c([C@H]2CCNC2)nc2ccncc21. The largest absolute Gasteiger partial charge is 0.383 e. The fraction of sp³-hybridized carbons (Fsp3) is 0.538. The summed E-state index contributed by atoms with van der Waals surface area (Å²) in [5.74, 6) is 1.68. The molecule has 0 amide bonds. The van der Waals surface area contributed by atoms with Gasteiger partial charge in [-0.25, -0.2) is 4.98 Å². The molecule has 0 saturated carbocycles. The number of imidazole rings is 1. The quantitative estimate of drug-likeness (QED) is 0.879. The van der Waals surface area contributed by atoms with Gasteiger partial charge in [0.05, 0.1) is 23.8 Å². The van der Waals surface area contributed by atoms with Gasteiger partial charge in [-0.1, -0.05) is 0 Å². The lowest BCUT2D eigenvalue weighted by atomic mass is 10.1. The van der Waals surface area contributed by atoms with Crippen LogP contribution in [-0.2, 0) is 11.3 Å². The second-order valence-electron chi connectivity index (χ2n) is 4.67. The molecule has 18 heavy (non-hydrogen) atoms. The summed E-state index contributed by atoms with van der Waals surface area (Å²) in [6, 6.07) is 1.98. The zero-order valence-corrected chi connectivity index (χ0v) is 10.6. The summed E-state index contributed by atoms with van der Waals surface area (Å²) >= 11 is 0. The molecular weight excluding hydrogens is 228 g/mol. The van der Waals surface area contributed by atoms with Crippen molar-refractivity contribution in [2.45, 2.75) is 18.9 Å². The maximum Gasteiger partial charge on any atom is 0.114 e. The van der Waals surface area contributed by atoms with Crippen molar-refractivity contribution in [1.29, 1.82) is 0 Å². The Kier molecular flexibility index (Phi) is 3.25. The van der Waals surface area contributed by atoms with E-state index in [1.807, 2.05) is 12.3 Å². The number of rotatable bonds is 4. The highest BCUT2D eigenvalue weighted by Crippen LogP contribution is 2.25. The van der Waals surface area contributed by atoms with Gasteiger partial charge in [-0.05, 0) is 19.0 Å². The van der Waals surface area contributed by atoms with Crippen LogP contribution in [-0.4, -0.2) is 41.3 Å². The molecule has 0 spiro atoms. The van der Waals surface area contributed by atoms with E-state index in [-0.39, 0.29) is 0 Å². The summed E-state index contributed by atoms with van der Waals surface area (Å²) in [4.78, 5) is 8.98. The molecule has 0 radical (unpaired) electrons. The number of aromatic nitrogens is 3. The third kappa shape index (κ3) is 2.00. The first-order chi connectivity index (χ1) is 8.90. The highest BCUT2D eigenvalue weighted by Gasteiger charge is 2.23. The van der Waals surface area contributed by atoms with Gasteiger partial charge >= 0.3 is 0 Å². The third-order valence-electron chi connectivity index (χ3n) is 3.52. The van der Waals surface area contributed by atoms with Crippen LogP contribution in [0.4, 0.5) is 0 Å². The lowest BCUT2D eigenvalue weighted by Crippen LogP contribution is -2.14. The predicted octanol–water partition coefficient (Wildman–Crippen LogP) is 1.15. The molecule has 0 bridgehead atoms. The lowest BCUT2D eigenvalue weighted by Gasteiger charge is -2.12. The number of pyridine rings is 1. The third-order valence-corrected chi connectivity index (χ3v) is 3.52. The summed E-state index contributed by atoms with van der Waals surface area (Å²) < 4.78 is 7.45. The molecule has 1 aliphatic heterocycles. The van der Waals surface area contributed by atoms with Crippen LogP contribution in [0.25, 0.3) is 11.0 Å². The van der Waals surface area contributed by atoms with E-state index < -0.39 is 0 Å². The van der Waals surface area contributed by atoms with E-state index in [0.717, 1.165) is 37.1 Å². The van der Waals surface area contributed by atoms with E-state index in [1.54, 1.807) is 13.3 Å². The number of nitrogens with one attached hydrogen (secondary N) is 1. The molecule has 5 heteroatoms. The molecule has 1 atom stereocenters. The Balaban J connectivity index is 2.04. The van der Waals surface area contributed by atoms with Crippen LogP contribution in [0.5, 0.6) is 0 Å². The monoisotopic (exact) mass is 246 g/mol. The Labute approximate surface area is 106 Å². The number of hydrogen-bond acceptors (Lipinski definition) is 4. The van der Waals surface area contributed by atoms with E-state index in [0.29, 0.717) is 12.5 Å². The Morgan fingerprint density at radius 2 is 2.50 bits per heavy atom. The predicted molar refractivity (Wildman–Crippen MR) is 69.6 cm³/mol. The van der Waals surface area contributed by atoms with Gasteiger partial charge in [-0.15, -0.1) is 0 Å². The van der Waals surface area contributed by atoms with E-state index in [4.69, 9.17) is 9.72 Å². The number of methoxy groups -OCH3 is 1. The van der Waals surface area contributed by atoms with Gasteiger partial charge < -0.3 is 14.6 Å². The summed E-state index contributed by atoms with van der Waals surface area (Å²) in [6.07, 6.45) is 4.85. The smallest absolute Gasteiger partial charge is 0.114 e. The molecule has 0 aromatic carbocycles. The number of fused-ring (bicyclic) bond motifs is 1. The zero-order chi connectivity index (χ0) is 12.4. The zero-order valence-electron chi connectivity index (χ0n) is 10.6. The first-order valence-corrected chi connectivity index (χ1v) is 6.40. The van der Waals surface area contributed by atoms with Gasteiger partial charge in [0.2, 0.25) is 0 Å². The maximum absolute atomic E-state index is 5.20. The molecule has 0 aliphatic carbocycles. The molecule has 1 saturated heterocycles. The molecule has 2 aromatic rings. The van der Waals surface area contributed by atoms with Gasteiger partial charge in [0, 0.05) is 32.3 Å². The summed E-state index contributed by atoms with van der Waals surface area (Å²) in [6.45, 7) is 3.64. The molecule has 96 valence electrons. The van der Waals surface area contributed by atoms with Crippen LogP contribution in [0.3, 0.4) is 0 Å². The van der Waals surface area contributed by atoms with Gasteiger partial charge in [-0.3, -0.25) is 4.98 Å². The van der Waals surface area contributed by atoms with Crippen LogP contribution in [0.2, 0.25) is 0 Å². The molecule has 1 N–H and O–H groups in total. The second kappa shape index (κ2) is 5.04. The summed E-state index contributed by atoms with van der Waals surface area (Å²) in [7, 11) is 1.73. The van der Waals surface area contributed by atoms with Crippen LogP contribution in [0.15, 0.2) is 18.5 Å². The van der Waals surface area contributed by atoms with Gasteiger partial charge in [-0.2, -0.15) is 0 Å². The second-order valence-corrected chi connectivity index (χ2v) is 4.67. The minimum absolute atomic E-state index is 0.509. The molecular formula is C13H18N4O. The van der Waals surface area contributed by atoms with Crippen molar-refractivity contribution in [3.05, 3.63) is 24.3 Å². The highest BCUT2D eigenvalue weighted by molar-refractivity contribution is 5.74. The molecule has 3 rings (SSSR count). The van der Waals surface area contributed by atoms with Crippen LogP contribution in [0, 0.1) is 0 Å². The number of nitrogens with zero attached hydrogens (tertiary/aromatic N) is 3. The molecule has 1 fully saturated rings. The van der Waals surface area contributed by atoms with Crippen LogP contribution < -0.4 is 5.32 Å². The summed E-state index contributed by atoms with van der Waals surface area (Å²) in [5, 5.41) is 3.40.